The summed E-state index contributed by atoms with van der Waals surface area (Å²) in [7, 11) is 0. The summed E-state index contributed by atoms with van der Waals surface area (Å²) in [5.74, 6) is -0.572. The standard InChI is InChI=1S/C12H13N3O2S/c1-7-5-8(2)15-11(10(7)12(16)17)14-6-9-13-3-4-18-9/h3-5H,6H2,1-2H3,(H,14,15)(H,16,17). The fourth-order valence-electron chi connectivity index (χ4n) is 1.73. The fraction of sp³-hybridized carbons (Fsp3) is 0.250. The Morgan fingerprint density at radius 3 is 2.89 bits per heavy atom. The maximum atomic E-state index is 11.2. The van der Waals surface area contributed by atoms with Crippen LogP contribution in [0.25, 0.3) is 0 Å². The van der Waals surface area contributed by atoms with Crippen LogP contribution < -0.4 is 5.32 Å². The Hall–Kier alpha value is -1.95. The molecule has 0 amide bonds. The van der Waals surface area contributed by atoms with Crippen molar-refractivity contribution in [1.29, 1.82) is 0 Å². The first-order valence-electron chi connectivity index (χ1n) is 5.41. The third-order valence-electron chi connectivity index (χ3n) is 2.45. The summed E-state index contributed by atoms with van der Waals surface area (Å²) >= 11 is 1.52. The molecule has 0 spiro atoms. The lowest BCUT2D eigenvalue weighted by Gasteiger charge is -2.10. The van der Waals surface area contributed by atoms with Gasteiger partial charge >= 0.3 is 5.97 Å². The van der Waals surface area contributed by atoms with Crippen molar-refractivity contribution in [2.24, 2.45) is 0 Å². The topological polar surface area (TPSA) is 75.1 Å². The molecule has 18 heavy (non-hydrogen) atoms. The summed E-state index contributed by atoms with van der Waals surface area (Å²) in [5.41, 5.74) is 1.72. The Morgan fingerprint density at radius 2 is 2.28 bits per heavy atom. The lowest BCUT2D eigenvalue weighted by Crippen LogP contribution is -2.11. The maximum Gasteiger partial charge on any atom is 0.339 e. The Kier molecular flexibility index (Phi) is 3.57. The van der Waals surface area contributed by atoms with Crippen LogP contribution in [0.15, 0.2) is 17.6 Å². The first-order valence-corrected chi connectivity index (χ1v) is 6.29. The van der Waals surface area contributed by atoms with Gasteiger partial charge < -0.3 is 10.4 Å². The van der Waals surface area contributed by atoms with E-state index in [1.165, 1.54) is 11.3 Å². The van der Waals surface area contributed by atoms with Crippen LogP contribution in [0.4, 0.5) is 5.82 Å². The van der Waals surface area contributed by atoms with Crippen molar-refractivity contribution in [2.45, 2.75) is 20.4 Å². The highest BCUT2D eigenvalue weighted by atomic mass is 32.1. The molecule has 0 aromatic carbocycles. The number of anilines is 1. The number of aromatic carboxylic acids is 1. The molecule has 2 aromatic heterocycles. The van der Waals surface area contributed by atoms with Crippen LogP contribution in [0.2, 0.25) is 0 Å². The molecule has 2 aromatic rings. The normalized spacial score (nSPS) is 10.3. The minimum atomic E-state index is -0.971. The van der Waals surface area contributed by atoms with Crippen LogP contribution in [0, 0.1) is 13.8 Å². The van der Waals surface area contributed by atoms with Gasteiger partial charge in [-0.1, -0.05) is 0 Å². The van der Waals surface area contributed by atoms with Crippen LogP contribution in [-0.2, 0) is 6.54 Å². The Balaban J connectivity index is 2.28. The molecule has 2 heterocycles. The van der Waals surface area contributed by atoms with Gasteiger partial charge in [0.25, 0.3) is 0 Å². The monoisotopic (exact) mass is 263 g/mol. The van der Waals surface area contributed by atoms with Crippen LogP contribution in [0.5, 0.6) is 0 Å². The van der Waals surface area contributed by atoms with Crippen LogP contribution in [0.1, 0.15) is 26.6 Å². The van der Waals surface area contributed by atoms with E-state index in [-0.39, 0.29) is 5.56 Å². The predicted octanol–water partition coefficient (Wildman–Crippen LogP) is 2.47. The molecule has 0 atom stereocenters. The Bertz CT molecular complexity index is 567. The number of nitrogens with one attached hydrogen (secondary N) is 1. The third kappa shape index (κ3) is 2.65. The summed E-state index contributed by atoms with van der Waals surface area (Å²) < 4.78 is 0. The highest BCUT2D eigenvalue weighted by molar-refractivity contribution is 7.09. The molecule has 0 aliphatic rings. The number of hydrogen-bond acceptors (Lipinski definition) is 5. The summed E-state index contributed by atoms with van der Waals surface area (Å²) in [6, 6.07) is 1.76. The molecule has 2 N–H and O–H groups in total. The fourth-order valence-corrected chi connectivity index (χ4v) is 2.29. The van der Waals surface area contributed by atoms with E-state index in [1.807, 2.05) is 12.3 Å². The molecule has 0 saturated heterocycles. The zero-order valence-electron chi connectivity index (χ0n) is 10.1. The van der Waals surface area contributed by atoms with E-state index in [2.05, 4.69) is 15.3 Å². The van der Waals surface area contributed by atoms with Crippen molar-refractivity contribution < 1.29 is 9.90 Å². The van der Waals surface area contributed by atoms with Crippen LogP contribution >= 0.6 is 11.3 Å². The minimum Gasteiger partial charge on any atom is -0.478 e. The van der Waals surface area contributed by atoms with Gasteiger partial charge in [-0.3, -0.25) is 0 Å². The molecule has 0 unspecified atom stereocenters. The average Bonchev–Trinajstić information content (AvgIpc) is 2.77. The number of rotatable bonds is 4. The Labute approximate surface area is 109 Å². The number of pyridine rings is 1. The van der Waals surface area contributed by atoms with E-state index in [0.717, 1.165) is 10.7 Å². The molecule has 0 radical (unpaired) electrons. The van der Waals surface area contributed by atoms with Crippen molar-refractivity contribution in [1.82, 2.24) is 9.97 Å². The second-order valence-electron chi connectivity index (χ2n) is 3.89. The summed E-state index contributed by atoms with van der Waals surface area (Å²) in [5, 5.41) is 15.0. The van der Waals surface area contributed by atoms with Gasteiger partial charge in [-0.15, -0.1) is 11.3 Å². The molecular formula is C12H13N3O2S. The predicted molar refractivity (Wildman–Crippen MR) is 70.1 cm³/mol. The zero-order valence-corrected chi connectivity index (χ0v) is 10.9. The van der Waals surface area contributed by atoms with E-state index in [1.54, 1.807) is 19.2 Å². The lowest BCUT2D eigenvalue weighted by atomic mass is 10.1. The smallest absolute Gasteiger partial charge is 0.339 e. The van der Waals surface area contributed by atoms with Crippen molar-refractivity contribution in [2.75, 3.05) is 5.32 Å². The van der Waals surface area contributed by atoms with E-state index >= 15 is 0 Å². The van der Waals surface area contributed by atoms with Gasteiger partial charge in [-0.05, 0) is 25.5 Å². The van der Waals surface area contributed by atoms with Crippen molar-refractivity contribution in [3.63, 3.8) is 0 Å². The number of carbonyl (C=O) groups is 1. The van der Waals surface area contributed by atoms with E-state index in [0.29, 0.717) is 17.9 Å². The van der Waals surface area contributed by atoms with Crippen LogP contribution in [0.3, 0.4) is 0 Å². The summed E-state index contributed by atoms with van der Waals surface area (Å²) in [4.78, 5) is 19.6. The largest absolute Gasteiger partial charge is 0.478 e. The lowest BCUT2D eigenvalue weighted by molar-refractivity contribution is 0.0697. The second kappa shape index (κ2) is 5.14. The van der Waals surface area contributed by atoms with Gasteiger partial charge in [-0.2, -0.15) is 0 Å². The SMILES string of the molecule is Cc1cc(C)c(C(=O)O)c(NCc2nccs2)n1. The van der Waals surface area contributed by atoms with E-state index in [4.69, 9.17) is 0 Å². The molecule has 0 aliphatic carbocycles. The van der Waals surface area contributed by atoms with Gasteiger partial charge in [0.1, 0.15) is 16.4 Å². The molecule has 94 valence electrons. The van der Waals surface area contributed by atoms with Gasteiger partial charge in [0.2, 0.25) is 0 Å². The molecule has 2 rings (SSSR count). The van der Waals surface area contributed by atoms with Gasteiger partial charge in [-0.25, -0.2) is 14.8 Å². The second-order valence-corrected chi connectivity index (χ2v) is 4.87. The number of aryl methyl sites for hydroxylation is 2. The minimum absolute atomic E-state index is 0.220. The van der Waals surface area contributed by atoms with Crippen molar-refractivity contribution in [3.05, 3.63) is 39.5 Å². The Morgan fingerprint density at radius 1 is 1.50 bits per heavy atom. The number of carboxylic acids is 1. The zero-order chi connectivity index (χ0) is 13.1. The maximum absolute atomic E-state index is 11.2. The highest BCUT2D eigenvalue weighted by Crippen LogP contribution is 2.19. The average molecular weight is 263 g/mol. The molecular weight excluding hydrogens is 250 g/mol. The molecule has 0 aliphatic heterocycles. The molecule has 0 saturated carbocycles. The number of hydrogen-bond donors (Lipinski definition) is 2. The number of carboxylic acid groups (broad SMARTS) is 1. The van der Waals surface area contributed by atoms with E-state index < -0.39 is 5.97 Å². The van der Waals surface area contributed by atoms with Gasteiger partial charge in [0, 0.05) is 17.3 Å². The quantitative estimate of drug-likeness (QED) is 0.886. The first-order chi connectivity index (χ1) is 8.58. The number of thiazole rings is 1. The van der Waals surface area contributed by atoms with Crippen molar-refractivity contribution in [3.8, 4) is 0 Å². The summed E-state index contributed by atoms with van der Waals surface area (Å²) in [6.07, 6.45) is 1.72. The van der Waals surface area contributed by atoms with Crippen LogP contribution in [-0.4, -0.2) is 21.0 Å². The number of nitrogens with zero attached hydrogens (tertiary/aromatic N) is 2. The third-order valence-corrected chi connectivity index (χ3v) is 3.23. The molecule has 0 fully saturated rings. The van der Waals surface area contributed by atoms with E-state index in [9.17, 15) is 9.90 Å². The number of aromatic nitrogens is 2. The van der Waals surface area contributed by atoms with Gasteiger partial charge in [0.05, 0.1) is 6.54 Å². The summed E-state index contributed by atoms with van der Waals surface area (Å²) in [6.45, 7) is 4.09. The van der Waals surface area contributed by atoms with Crippen molar-refractivity contribution >= 4 is 23.1 Å². The highest BCUT2D eigenvalue weighted by Gasteiger charge is 2.15. The molecule has 0 bridgehead atoms. The molecule has 5 nitrogen and oxygen atoms in total. The molecule has 6 heteroatoms. The first kappa shape index (κ1) is 12.5. The van der Waals surface area contributed by atoms with Gasteiger partial charge in [0.15, 0.2) is 0 Å².